The van der Waals surface area contributed by atoms with E-state index in [2.05, 4.69) is 17.0 Å². The number of nitrogens with zero attached hydrogens (tertiary/aromatic N) is 1. The van der Waals surface area contributed by atoms with Gasteiger partial charge in [-0.1, -0.05) is 42.5 Å². The molecule has 2 unspecified atom stereocenters. The summed E-state index contributed by atoms with van der Waals surface area (Å²) in [6, 6.07) is 17.1. The van der Waals surface area contributed by atoms with E-state index < -0.39 is 12.1 Å². The number of carbonyl (C=O) groups is 1. The van der Waals surface area contributed by atoms with Crippen LogP contribution in [0.1, 0.15) is 33.8 Å². The number of β-amino-alcohol motifs (C(OH)–C–C–N with tert-alkyl or cyclic N) is 1. The van der Waals surface area contributed by atoms with Crippen LogP contribution in [0.25, 0.3) is 0 Å². The Kier molecular flexibility index (Phi) is 4.74. The van der Waals surface area contributed by atoms with Crippen molar-refractivity contribution in [1.29, 1.82) is 0 Å². The summed E-state index contributed by atoms with van der Waals surface area (Å²) in [6.07, 6.45) is 0.448. The molecular formula is C19H21NO3. The van der Waals surface area contributed by atoms with Gasteiger partial charge in [0.2, 0.25) is 0 Å². The molecule has 0 aromatic heterocycles. The molecule has 4 nitrogen and oxygen atoms in total. The van der Waals surface area contributed by atoms with Crippen molar-refractivity contribution >= 4 is 5.97 Å². The van der Waals surface area contributed by atoms with Crippen molar-refractivity contribution in [1.82, 2.24) is 4.90 Å². The Balaban J connectivity index is 1.63. The van der Waals surface area contributed by atoms with Crippen molar-refractivity contribution in [2.24, 2.45) is 0 Å². The summed E-state index contributed by atoms with van der Waals surface area (Å²) in [5.74, 6) is -0.848. The summed E-state index contributed by atoms with van der Waals surface area (Å²) in [6.45, 7) is 2.42. The lowest BCUT2D eigenvalue weighted by Gasteiger charge is -2.36. The lowest BCUT2D eigenvalue weighted by atomic mass is 9.86. The summed E-state index contributed by atoms with van der Waals surface area (Å²) in [7, 11) is 0. The number of carboxylic acid groups (broad SMARTS) is 1. The Morgan fingerprint density at radius 1 is 1.09 bits per heavy atom. The lowest BCUT2D eigenvalue weighted by molar-refractivity contribution is 0.0477. The van der Waals surface area contributed by atoms with Crippen LogP contribution in [-0.2, 0) is 6.54 Å². The SMILES string of the molecule is O=C(O)c1ccc(C2CCN(Cc3ccccc3)CC2O)cc1. The van der Waals surface area contributed by atoms with Crippen molar-refractivity contribution in [2.75, 3.05) is 13.1 Å². The van der Waals surface area contributed by atoms with Crippen molar-refractivity contribution in [3.63, 3.8) is 0 Å². The van der Waals surface area contributed by atoms with E-state index in [9.17, 15) is 9.90 Å². The number of aromatic carboxylic acids is 1. The maximum Gasteiger partial charge on any atom is 0.335 e. The fourth-order valence-corrected chi connectivity index (χ4v) is 3.24. The van der Waals surface area contributed by atoms with Gasteiger partial charge in [-0.3, -0.25) is 4.90 Å². The summed E-state index contributed by atoms with van der Waals surface area (Å²) < 4.78 is 0. The third-order valence-corrected chi connectivity index (χ3v) is 4.50. The number of hydrogen-bond donors (Lipinski definition) is 2. The number of piperidine rings is 1. The summed E-state index contributed by atoms with van der Waals surface area (Å²) in [5.41, 5.74) is 2.55. The van der Waals surface area contributed by atoms with Crippen LogP contribution in [0.4, 0.5) is 0 Å². The highest BCUT2D eigenvalue weighted by molar-refractivity contribution is 5.87. The maximum absolute atomic E-state index is 10.9. The number of benzene rings is 2. The van der Waals surface area contributed by atoms with Crippen molar-refractivity contribution in [3.05, 3.63) is 71.3 Å². The van der Waals surface area contributed by atoms with Crippen LogP contribution in [0.5, 0.6) is 0 Å². The molecule has 0 amide bonds. The van der Waals surface area contributed by atoms with Gasteiger partial charge in [0.25, 0.3) is 0 Å². The second-order valence-corrected chi connectivity index (χ2v) is 6.11. The van der Waals surface area contributed by atoms with Crippen molar-refractivity contribution < 1.29 is 15.0 Å². The minimum atomic E-state index is -0.922. The van der Waals surface area contributed by atoms with Crippen LogP contribution in [0, 0.1) is 0 Å². The van der Waals surface area contributed by atoms with E-state index in [-0.39, 0.29) is 11.5 Å². The first-order valence-corrected chi connectivity index (χ1v) is 7.91. The quantitative estimate of drug-likeness (QED) is 0.911. The number of rotatable bonds is 4. The highest BCUT2D eigenvalue weighted by Gasteiger charge is 2.28. The van der Waals surface area contributed by atoms with Gasteiger partial charge in [-0.15, -0.1) is 0 Å². The van der Waals surface area contributed by atoms with E-state index in [1.807, 2.05) is 30.3 Å². The molecule has 120 valence electrons. The molecule has 1 aliphatic heterocycles. The Morgan fingerprint density at radius 2 is 1.78 bits per heavy atom. The minimum Gasteiger partial charge on any atom is -0.478 e. The van der Waals surface area contributed by atoms with Crippen LogP contribution in [0.3, 0.4) is 0 Å². The van der Waals surface area contributed by atoms with E-state index in [0.29, 0.717) is 6.54 Å². The third kappa shape index (κ3) is 3.78. The second-order valence-electron chi connectivity index (χ2n) is 6.11. The van der Waals surface area contributed by atoms with Gasteiger partial charge in [0, 0.05) is 19.0 Å². The molecule has 0 bridgehead atoms. The van der Waals surface area contributed by atoms with Gasteiger partial charge in [-0.2, -0.15) is 0 Å². The molecule has 1 heterocycles. The van der Waals surface area contributed by atoms with Crippen LogP contribution in [0.15, 0.2) is 54.6 Å². The lowest BCUT2D eigenvalue weighted by Crippen LogP contribution is -2.42. The molecule has 1 aliphatic rings. The molecule has 4 heteroatoms. The highest BCUT2D eigenvalue weighted by atomic mass is 16.4. The predicted molar refractivity (Wildman–Crippen MR) is 88.5 cm³/mol. The molecule has 2 N–H and O–H groups in total. The monoisotopic (exact) mass is 311 g/mol. The zero-order chi connectivity index (χ0) is 16.2. The van der Waals surface area contributed by atoms with Gasteiger partial charge in [0.05, 0.1) is 11.7 Å². The average Bonchev–Trinajstić information content (AvgIpc) is 2.56. The largest absolute Gasteiger partial charge is 0.478 e. The fraction of sp³-hybridized carbons (Fsp3) is 0.316. The zero-order valence-corrected chi connectivity index (χ0v) is 12.9. The highest BCUT2D eigenvalue weighted by Crippen LogP contribution is 2.29. The molecule has 1 saturated heterocycles. The number of likely N-dealkylation sites (tertiary alicyclic amines) is 1. The van der Waals surface area contributed by atoms with Gasteiger partial charge in [0.1, 0.15) is 0 Å². The molecule has 3 rings (SSSR count). The molecule has 0 saturated carbocycles. The number of aliphatic hydroxyl groups excluding tert-OH is 1. The van der Waals surface area contributed by atoms with Gasteiger partial charge in [-0.25, -0.2) is 4.79 Å². The molecule has 23 heavy (non-hydrogen) atoms. The molecule has 0 radical (unpaired) electrons. The zero-order valence-electron chi connectivity index (χ0n) is 12.9. The first-order chi connectivity index (χ1) is 11.1. The third-order valence-electron chi connectivity index (χ3n) is 4.50. The predicted octanol–water partition coefficient (Wildman–Crippen LogP) is 2.74. The molecule has 2 atom stereocenters. The van der Waals surface area contributed by atoms with E-state index in [1.165, 1.54) is 5.56 Å². The Labute approximate surface area is 136 Å². The smallest absolute Gasteiger partial charge is 0.335 e. The summed E-state index contributed by atoms with van der Waals surface area (Å²) >= 11 is 0. The molecule has 1 fully saturated rings. The van der Waals surface area contributed by atoms with Gasteiger partial charge < -0.3 is 10.2 Å². The van der Waals surface area contributed by atoms with Crippen LogP contribution in [0.2, 0.25) is 0 Å². The second kappa shape index (κ2) is 6.94. The van der Waals surface area contributed by atoms with E-state index in [0.717, 1.165) is 25.1 Å². The summed E-state index contributed by atoms with van der Waals surface area (Å²) in [5, 5.41) is 19.4. The summed E-state index contributed by atoms with van der Waals surface area (Å²) in [4.78, 5) is 13.2. The van der Waals surface area contributed by atoms with Gasteiger partial charge in [0.15, 0.2) is 0 Å². The molecule has 2 aromatic carbocycles. The van der Waals surface area contributed by atoms with Gasteiger partial charge in [-0.05, 0) is 36.2 Å². The minimum absolute atomic E-state index is 0.0740. The average molecular weight is 311 g/mol. The first kappa shape index (κ1) is 15.7. The van der Waals surface area contributed by atoms with E-state index in [4.69, 9.17) is 5.11 Å². The van der Waals surface area contributed by atoms with Crippen LogP contribution < -0.4 is 0 Å². The number of carboxylic acids is 1. The Bertz CT molecular complexity index is 654. The topological polar surface area (TPSA) is 60.8 Å². The number of hydrogen-bond acceptors (Lipinski definition) is 3. The number of aliphatic hydroxyl groups is 1. The molecule has 2 aromatic rings. The van der Waals surface area contributed by atoms with E-state index >= 15 is 0 Å². The standard InChI is InChI=1S/C19H21NO3/c21-18-13-20(12-14-4-2-1-3-5-14)11-10-17(18)15-6-8-16(9-7-15)19(22)23/h1-9,17-18,21H,10-13H2,(H,22,23). The molecule has 0 aliphatic carbocycles. The first-order valence-electron chi connectivity index (χ1n) is 7.91. The van der Waals surface area contributed by atoms with Crippen LogP contribution in [-0.4, -0.2) is 40.3 Å². The van der Waals surface area contributed by atoms with Gasteiger partial charge >= 0.3 is 5.97 Å². The maximum atomic E-state index is 10.9. The van der Waals surface area contributed by atoms with Crippen molar-refractivity contribution in [2.45, 2.75) is 25.0 Å². The molecular weight excluding hydrogens is 290 g/mol. The van der Waals surface area contributed by atoms with Crippen molar-refractivity contribution in [3.8, 4) is 0 Å². The van der Waals surface area contributed by atoms with E-state index in [1.54, 1.807) is 12.1 Å². The Morgan fingerprint density at radius 3 is 2.39 bits per heavy atom. The van der Waals surface area contributed by atoms with Crippen LogP contribution >= 0.6 is 0 Å². The fourth-order valence-electron chi connectivity index (χ4n) is 3.24. The normalized spacial score (nSPS) is 22.0. The molecule has 0 spiro atoms. The Hall–Kier alpha value is -2.17.